The van der Waals surface area contributed by atoms with Gasteiger partial charge in [0.2, 0.25) is 0 Å². The number of ether oxygens (including phenoxy) is 1. The van der Waals surface area contributed by atoms with Crippen LogP contribution in [0.2, 0.25) is 0 Å². The van der Waals surface area contributed by atoms with Gasteiger partial charge in [-0.3, -0.25) is 0 Å². The molecule has 0 aliphatic heterocycles. The molecule has 0 amide bonds. The highest BCUT2D eigenvalue weighted by molar-refractivity contribution is 7.17. The number of hydrogen-bond acceptors (Lipinski definition) is 3. The fraction of sp³-hybridized carbons (Fsp3) is 0.312. The third-order valence-electron chi connectivity index (χ3n) is 3.14. The molecular weight excluding hydrogens is 256 g/mol. The molecule has 0 bridgehead atoms. The lowest BCUT2D eigenvalue weighted by atomic mass is 10.0. The van der Waals surface area contributed by atoms with Crippen LogP contribution < -0.4 is 0 Å². The van der Waals surface area contributed by atoms with Crippen LogP contribution in [0.5, 0.6) is 0 Å². The summed E-state index contributed by atoms with van der Waals surface area (Å²) >= 11 is 1.48. The molecule has 0 spiro atoms. The Labute approximate surface area is 118 Å². The first-order chi connectivity index (χ1) is 9.02. The Morgan fingerprint density at radius 3 is 2.37 bits per heavy atom. The third kappa shape index (κ3) is 2.87. The molecule has 1 heterocycles. The minimum absolute atomic E-state index is 0.266. The van der Waals surface area contributed by atoms with Gasteiger partial charge in [-0.25, -0.2) is 4.79 Å². The van der Waals surface area contributed by atoms with Crippen molar-refractivity contribution in [2.75, 3.05) is 7.11 Å². The van der Waals surface area contributed by atoms with Crippen LogP contribution in [0.1, 0.15) is 40.6 Å². The van der Waals surface area contributed by atoms with E-state index in [1.54, 1.807) is 0 Å². The topological polar surface area (TPSA) is 26.3 Å². The van der Waals surface area contributed by atoms with E-state index in [4.69, 9.17) is 4.74 Å². The first-order valence-corrected chi connectivity index (χ1v) is 7.13. The number of methoxy groups -OCH3 is 1. The molecule has 3 heteroatoms. The van der Waals surface area contributed by atoms with Crippen molar-refractivity contribution in [3.05, 3.63) is 46.3 Å². The van der Waals surface area contributed by atoms with Crippen LogP contribution in [0.4, 0.5) is 0 Å². The van der Waals surface area contributed by atoms with Gasteiger partial charge in [-0.05, 0) is 35.6 Å². The maximum absolute atomic E-state index is 11.5. The van der Waals surface area contributed by atoms with Crippen LogP contribution in [-0.2, 0) is 4.74 Å². The molecule has 0 fully saturated rings. The van der Waals surface area contributed by atoms with Crippen molar-refractivity contribution in [2.24, 2.45) is 0 Å². The van der Waals surface area contributed by atoms with E-state index in [9.17, 15) is 4.79 Å². The smallest absolute Gasteiger partial charge is 0.348 e. The van der Waals surface area contributed by atoms with Gasteiger partial charge in [0.25, 0.3) is 0 Å². The summed E-state index contributed by atoms with van der Waals surface area (Å²) in [6.45, 7) is 6.39. The standard InChI is InChI=1S/C16H18O2S/c1-10(2)12-5-7-13(8-6-12)15-11(3)9-14(19-15)16(17)18-4/h5-10H,1-4H3. The molecular formula is C16H18O2S. The van der Waals surface area contributed by atoms with E-state index in [-0.39, 0.29) is 5.97 Å². The lowest BCUT2D eigenvalue weighted by Crippen LogP contribution is -1.96. The highest BCUT2D eigenvalue weighted by Crippen LogP contribution is 2.33. The monoisotopic (exact) mass is 274 g/mol. The summed E-state index contributed by atoms with van der Waals surface area (Å²) in [6.07, 6.45) is 0. The Balaban J connectivity index is 2.36. The van der Waals surface area contributed by atoms with E-state index in [0.29, 0.717) is 10.8 Å². The average Bonchev–Trinajstić information content (AvgIpc) is 2.80. The van der Waals surface area contributed by atoms with Crippen molar-refractivity contribution in [3.8, 4) is 10.4 Å². The van der Waals surface area contributed by atoms with Gasteiger partial charge < -0.3 is 4.74 Å². The molecule has 0 aliphatic rings. The van der Waals surface area contributed by atoms with Crippen molar-refractivity contribution >= 4 is 17.3 Å². The highest BCUT2D eigenvalue weighted by atomic mass is 32.1. The Kier molecular flexibility index (Phi) is 4.05. The van der Waals surface area contributed by atoms with Crippen molar-refractivity contribution in [2.45, 2.75) is 26.7 Å². The lowest BCUT2D eigenvalue weighted by molar-refractivity contribution is 0.0606. The van der Waals surface area contributed by atoms with Gasteiger partial charge in [-0.1, -0.05) is 38.1 Å². The molecule has 0 radical (unpaired) electrons. The zero-order valence-corrected chi connectivity index (χ0v) is 12.5. The minimum Gasteiger partial charge on any atom is -0.465 e. The van der Waals surface area contributed by atoms with Gasteiger partial charge in [0.1, 0.15) is 4.88 Å². The highest BCUT2D eigenvalue weighted by Gasteiger charge is 2.13. The van der Waals surface area contributed by atoms with Crippen molar-refractivity contribution in [1.82, 2.24) is 0 Å². The van der Waals surface area contributed by atoms with Crippen LogP contribution in [0.3, 0.4) is 0 Å². The number of aryl methyl sites for hydroxylation is 1. The van der Waals surface area contributed by atoms with Gasteiger partial charge in [-0.15, -0.1) is 11.3 Å². The molecule has 0 N–H and O–H groups in total. The maximum Gasteiger partial charge on any atom is 0.348 e. The largest absolute Gasteiger partial charge is 0.465 e. The molecule has 2 aromatic rings. The van der Waals surface area contributed by atoms with Crippen LogP contribution in [0.25, 0.3) is 10.4 Å². The molecule has 1 aromatic carbocycles. The summed E-state index contributed by atoms with van der Waals surface area (Å²) in [6, 6.07) is 10.4. The van der Waals surface area contributed by atoms with E-state index >= 15 is 0 Å². The van der Waals surface area contributed by atoms with Gasteiger partial charge in [0.15, 0.2) is 0 Å². The number of esters is 1. The Hall–Kier alpha value is -1.61. The van der Waals surface area contributed by atoms with Crippen LogP contribution in [-0.4, -0.2) is 13.1 Å². The number of carbonyl (C=O) groups is 1. The zero-order valence-electron chi connectivity index (χ0n) is 11.7. The Bertz CT molecular complexity index is 579. The molecule has 0 saturated heterocycles. The van der Waals surface area contributed by atoms with Gasteiger partial charge >= 0.3 is 5.97 Å². The molecule has 100 valence electrons. The van der Waals surface area contributed by atoms with Gasteiger partial charge in [0, 0.05) is 4.88 Å². The fourth-order valence-corrected chi connectivity index (χ4v) is 3.09. The van der Waals surface area contributed by atoms with Crippen molar-refractivity contribution in [1.29, 1.82) is 0 Å². The SMILES string of the molecule is COC(=O)c1cc(C)c(-c2ccc(C(C)C)cc2)s1. The summed E-state index contributed by atoms with van der Waals surface area (Å²) in [5.41, 5.74) is 3.59. The Morgan fingerprint density at radius 1 is 1.21 bits per heavy atom. The molecule has 19 heavy (non-hydrogen) atoms. The summed E-state index contributed by atoms with van der Waals surface area (Å²) in [5.74, 6) is 0.266. The first-order valence-electron chi connectivity index (χ1n) is 6.32. The number of rotatable bonds is 3. The fourth-order valence-electron chi connectivity index (χ4n) is 1.99. The minimum atomic E-state index is -0.266. The van der Waals surface area contributed by atoms with E-state index in [2.05, 4.69) is 38.1 Å². The molecule has 0 atom stereocenters. The summed E-state index contributed by atoms with van der Waals surface area (Å²) in [7, 11) is 1.41. The quantitative estimate of drug-likeness (QED) is 0.762. The lowest BCUT2D eigenvalue weighted by Gasteiger charge is -2.06. The second-order valence-corrected chi connectivity index (χ2v) is 5.94. The third-order valence-corrected chi connectivity index (χ3v) is 4.41. The summed E-state index contributed by atoms with van der Waals surface area (Å²) in [5, 5.41) is 0. The average molecular weight is 274 g/mol. The number of thiophene rings is 1. The van der Waals surface area contributed by atoms with E-state index in [0.717, 1.165) is 16.0 Å². The second kappa shape index (κ2) is 5.57. The molecule has 2 nitrogen and oxygen atoms in total. The number of carbonyl (C=O) groups excluding carboxylic acids is 1. The first kappa shape index (κ1) is 13.8. The van der Waals surface area contributed by atoms with Gasteiger partial charge in [0.05, 0.1) is 7.11 Å². The number of benzene rings is 1. The van der Waals surface area contributed by atoms with E-state index in [1.165, 1.54) is 24.0 Å². The maximum atomic E-state index is 11.5. The number of hydrogen-bond donors (Lipinski definition) is 0. The molecule has 0 aliphatic carbocycles. The predicted octanol–water partition coefficient (Wildman–Crippen LogP) is 4.63. The van der Waals surface area contributed by atoms with Crippen LogP contribution in [0, 0.1) is 6.92 Å². The van der Waals surface area contributed by atoms with E-state index < -0.39 is 0 Å². The van der Waals surface area contributed by atoms with Crippen LogP contribution in [0.15, 0.2) is 30.3 Å². The van der Waals surface area contributed by atoms with E-state index in [1.807, 2.05) is 13.0 Å². The summed E-state index contributed by atoms with van der Waals surface area (Å²) < 4.78 is 4.76. The summed E-state index contributed by atoms with van der Waals surface area (Å²) in [4.78, 5) is 13.3. The zero-order chi connectivity index (χ0) is 14.0. The molecule has 1 aromatic heterocycles. The van der Waals surface area contributed by atoms with Gasteiger partial charge in [-0.2, -0.15) is 0 Å². The molecule has 0 unspecified atom stereocenters. The normalized spacial score (nSPS) is 10.8. The second-order valence-electron chi connectivity index (χ2n) is 4.89. The molecule has 0 saturated carbocycles. The molecule has 2 rings (SSSR count). The van der Waals surface area contributed by atoms with Crippen molar-refractivity contribution in [3.63, 3.8) is 0 Å². The Morgan fingerprint density at radius 2 is 1.84 bits per heavy atom. The van der Waals surface area contributed by atoms with Crippen molar-refractivity contribution < 1.29 is 9.53 Å². The van der Waals surface area contributed by atoms with Crippen LogP contribution >= 0.6 is 11.3 Å². The predicted molar refractivity (Wildman–Crippen MR) is 79.9 cm³/mol.